The second-order valence-corrected chi connectivity index (χ2v) is 5.68. The minimum Gasteiger partial charge on any atom is -0.496 e. The van der Waals surface area contributed by atoms with Gasteiger partial charge in [-0.3, -0.25) is 0 Å². The van der Waals surface area contributed by atoms with Crippen LogP contribution in [-0.4, -0.2) is 24.9 Å². The molecule has 0 saturated heterocycles. The fraction of sp³-hybridized carbons (Fsp3) is 0.571. The molecule has 0 amide bonds. The molecule has 1 N–H and O–H groups in total. The molecule has 2 atom stereocenters. The Hall–Kier alpha value is -0.670. The Bertz CT molecular complexity index is 356. The van der Waals surface area contributed by atoms with Crippen LogP contribution in [0.25, 0.3) is 0 Å². The Morgan fingerprint density at radius 1 is 1.35 bits per heavy atom. The predicted molar refractivity (Wildman–Crippen MR) is 74.0 cm³/mol. The number of para-hydroxylation sites is 1. The van der Waals surface area contributed by atoms with E-state index in [0.29, 0.717) is 11.3 Å². The normalized spacial score (nSPS) is 23.9. The smallest absolute Gasteiger partial charge is 0.132 e. The standard InChI is InChI=1S/C14H21NOS/c1-3-15-11-7-6-10-13(11)17-14-9-5-4-8-12(14)16-2/h4-5,8-9,11,13,15H,3,6-7,10H2,1-2H3. The molecule has 1 aromatic rings. The summed E-state index contributed by atoms with van der Waals surface area (Å²) in [7, 11) is 1.75. The van der Waals surface area contributed by atoms with Gasteiger partial charge in [-0.1, -0.05) is 25.5 Å². The van der Waals surface area contributed by atoms with Gasteiger partial charge in [0.1, 0.15) is 5.75 Å². The summed E-state index contributed by atoms with van der Waals surface area (Å²) in [4.78, 5) is 1.27. The van der Waals surface area contributed by atoms with Crippen molar-refractivity contribution in [2.24, 2.45) is 0 Å². The van der Waals surface area contributed by atoms with E-state index < -0.39 is 0 Å². The highest BCUT2D eigenvalue weighted by Crippen LogP contribution is 2.38. The number of rotatable bonds is 5. The molecule has 1 aliphatic rings. The number of benzene rings is 1. The van der Waals surface area contributed by atoms with Crippen molar-refractivity contribution in [1.82, 2.24) is 5.32 Å². The van der Waals surface area contributed by atoms with Crippen molar-refractivity contribution in [3.63, 3.8) is 0 Å². The van der Waals surface area contributed by atoms with E-state index in [-0.39, 0.29) is 0 Å². The molecule has 2 nitrogen and oxygen atoms in total. The van der Waals surface area contributed by atoms with Crippen molar-refractivity contribution in [2.45, 2.75) is 42.4 Å². The first kappa shape index (κ1) is 12.8. The molecule has 1 aromatic carbocycles. The first-order valence-electron chi connectivity index (χ1n) is 6.38. The van der Waals surface area contributed by atoms with Gasteiger partial charge < -0.3 is 10.1 Å². The van der Waals surface area contributed by atoms with E-state index in [1.54, 1.807) is 7.11 Å². The zero-order valence-electron chi connectivity index (χ0n) is 10.6. The van der Waals surface area contributed by atoms with Gasteiger partial charge >= 0.3 is 0 Å². The Morgan fingerprint density at radius 3 is 2.94 bits per heavy atom. The quantitative estimate of drug-likeness (QED) is 0.867. The monoisotopic (exact) mass is 251 g/mol. The molecule has 1 fully saturated rings. The Balaban J connectivity index is 2.04. The summed E-state index contributed by atoms with van der Waals surface area (Å²) in [5, 5.41) is 4.28. The average molecular weight is 251 g/mol. The largest absolute Gasteiger partial charge is 0.496 e. The van der Waals surface area contributed by atoms with E-state index >= 15 is 0 Å². The fourth-order valence-corrected chi connectivity index (χ4v) is 3.87. The van der Waals surface area contributed by atoms with Gasteiger partial charge in [0.15, 0.2) is 0 Å². The number of nitrogens with one attached hydrogen (secondary N) is 1. The topological polar surface area (TPSA) is 21.3 Å². The Kier molecular flexibility index (Phi) is 4.75. The molecule has 17 heavy (non-hydrogen) atoms. The van der Waals surface area contributed by atoms with Crippen LogP contribution in [0.4, 0.5) is 0 Å². The van der Waals surface area contributed by atoms with Crippen molar-refractivity contribution in [1.29, 1.82) is 0 Å². The Morgan fingerprint density at radius 2 is 2.18 bits per heavy atom. The summed E-state index contributed by atoms with van der Waals surface area (Å²) in [6.45, 7) is 3.25. The summed E-state index contributed by atoms with van der Waals surface area (Å²) in [5.41, 5.74) is 0. The zero-order chi connectivity index (χ0) is 12.1. The Labute approximate surface area is 108 Å². The van der Waals surface area contributed by atoms with E-state index in [1.807, 2.05) is 23.9 Å². The van der Waals surface area contributed by atoms with Gasteiger partial charge in [0.05, 0.1) is 7.11 Å². The highest BCUT2D eigenvalue weighted by molar-refractivity contribution is 8.00. The molecule has 2 rings (SSSR count). The lowest BCUT2D eigenvalue weighted by molar-refractivity contribution is 0.404. The van der Waals surface area contributed by atoms with Crippen molar-refractivity contribution in [3.8, 4) is 5.75 Å². The molecule has 1 saturated carbocycles. The predicted octanol–water partition coefficient (Wildman–Crippen LogP) is 3.32. The van der Waals surface area contributed by atoms with Gasteiger partial charge in [-0.25, -0.2) is 0 Å². The second kappa shape index (κ2) is 6.31. The maximum Gasteiger partial charge on any atom is 0.132 e. The lowest BCUT2D eigenvalue weighted by Gasteiger charge is -2.20. The van der Waals surface area contributed by atoms with Crippen LogP contribution in [0.15, 0.2) is 29.2 Å². The number of hydrogen-bond donors (Lipinski definition) is 1. The summed E-state index contributed by atoms with van der Waals surface area (Å²) < 4.78 is 5.41. The van der Waals surface area contributed by atoms with Crippen LogP contribution in [0.3, 0.4) is 0 Å². The van der Waals surface area contributed by atoms with Crippen molar-refractivity contribution < 1.29 is 4.74 Å². The molecular formula is C14H21NOS. The van der Waals surface area contributed by atoms with Crippen LogP contribution in [0.2, 0.25) is 0 Å². The minimum absolute atomic E-state index is 0.662. The van der Waals surface area contributed by atoms with E-state index in [1.165, 1.54) is 24.2 Å². The molecule has 0 heterocycles. The minimum atomic E-state index is 0.662. The molecule has 0 radical (unpaired) electrons. The highest BCUT2D eigenvalue weighted by Gasteiger charge is 2.27. The first-order chi connectivity index (χ1) is 8.35. The van der Waals surface area contributed by atoms with Gasteiger partial charge in [0, 0.05) is 16.2 Å². The van der Waals surface area contributed by atoms with Gasteiger partial charge in [-0.15, -0.1) is 11.8 Å². The molecular weight excluding hydrogens is 230 g/mol. The SMILES string of the molecule is CCNC1CCCC1Sc1ccccc1OC. The lowest BCUT2D eigenvalue weighted by atomic mass is 10.2. The fourth-order valence-electron chi connectivity index (χ4n) is 2.44. The van der Waals surface area contributed by atoms with Gasteiger partial charge in [-0.05, 0) is 31.5 Å². The summed E-state index contributed by atoms with van der Waals surface area (Å²) in [5.74, 6) is 1.000. The van der Waals surface area contributed by atoms with Crippen molar-refractivity contribution in [3.05, 3.63) is 24.3 Å². The third-order valence-corrected chi connectivity index (χ3v) is 4.72. The van der Waals surface area contributed by atoms with E-state index in [4.69, 9.17) is 4.74 Å². The first-order valence-corrected chi connectivity index (χ1v) is 7.26. The van der Waals surface area contributed by atoms with Crippen LogP contribution < -0.4 is 10.1 Å². The molecule has 3 heteroatoms. The number of hydrogen-bond acceptors (Lipinski definition) is 3. The highest BCUT2D eigenvalue weighted by atomic mass is 32.2. The average Bonchev–Trinajstić information content (AvgIpc) is 2.78. The lowest BCUT2D eigenvalue weighted by Crippen LogP contribution is -2.33. The van der Waals surface area contributed by atoms with E-state index in [2.05, 4.69) is 24.4 Å². The molecule has 0 aliphatic heterocycles. The molecule has 1 aliphatic carbocycles. The zero-order valence-corrected chi connectivity index (χ0v) is 11.4. The van der Waals surface area contributed by atoms with Crippen molar-refractivity contribution in [2.75, 3.05) is 13.7 Å². The van der Waals surface area contributed by atoms with Crippen LogP contribution >= 0.6 is 11.8 Å². The summed E-state index contributed by atoms with van der Waals surface area (Å²) in [6.07, 6.45) is 3.95. The van der Waals surface area contributed by atoms with E-state index in [0.717, 1.165) is 12.3 Å². The van der Waals surface area contributed by atoms with Gasteiger partial charge in [-0.2, -0.15) is 0 Å². The molecule has 0 bridgehead atoms. The van der Waals surface area contributed by atoms with E-state index in [9.17, 15) is 0 Å². The van der Waals surface area contributed by atoms with Crippen LogP contribution in [0.1, 0.15) is 26.2 Å². The van der Waals surface area contributed by atoms with Gasteiger partial charge in [0.2, 0.25) is 0 Å². The number of thioether (sulfide) groups is 1. The third-order valence-electron chi connectivity index (χ3n) is 3.27. The molecule has 94 valence electrons. The van der Waals surface area contributed by atoms with Crippen LogP contribution in [0, 0.1) is 0 Å². The number of methoxy groups -OCH3 is 1. The molecule has 0 aromatic heterocycles. The summed E-state index contributed by atoms with van der Waals surface area (Å²) in [6, 6.07) is 8.97. The summed E-state index contributed by atoms with van der Waals surface area (Å²) >= 11 is 1.96. The third kappa shape index (κ3) is 3.17. The second-order valence-electron chi connectivity index (χ2n) is 4.40. The molecule has 0 spiro atoms. The van der Waals surface area contributed by atoms with Gasteiger partial charge in [0.25, 0.3) is 0 Å². The number of ether oxygens (including phenoxy) is 1. The van der Waals surface area contributed by atoms with Crippen molar-refractivity contribution >= 4 is 11.8 Å². The molecule has 2 unspecified atom stereocenters. The maximum atomic E-state index is 5.41. The van der Waals surface area contributed by atoms with Crippen LogP contribution in [0.5, 0.6) is 5.75 Å². The maximum absolute atomic E-state index is 5.41. The van der Waals surface area contributed by atoms with Crippen LogP contribution in [-0.2, 0) is 0 Å².